The molecule has 4 nitrogen and oxygen atoms in total. The van der Waals surface area contributed by atoms with Gasteiger partial charge in [0.05, 0.1) is 5.41 Å². The molecule has 0 fully saturated rings. The van der Waals surface area contributed by atoms with Crippen LogP contribution in [0.1, 0.15) is 186 Å². The Kier molecular flexibility index (Phi) is 28.8. The van der Waals surface area contributed by atoms with E-state index in [-0.39, 0.29) is 56.2 Å². The van der Waals surface area contributed by atoms with Gasteiger partial charge < -0.3 is 0 Å². The smallest absolute Gasteiger partial charge is 0.159 e. The molecule has 0 saturated carbocycles. The van der Waals surface area contributed by atoms with Gasteiger partial charge >= 0.3 is 0 Å². The van der Waals surface area contributed by atoms with Crippen molar-refractivity contribution < 1.29 is 19.2 Å². The van der Waals surface area contributed by atoms with Crippen LogP contribution in [0, 0.1) is 27.1 Å². The van der Waals surface area contributed by atoms with Crippen molar-refractivity contribution in [3.63, 3.8) is 0 Å². The number of ketones is 4. The summed E-state index contributed by atoms with van der Waals surface area (Å²) >= 11 is 0. The van der Waals surface area contributed by atoms with E-state index in [9.17, 15) is 19.2 Å². The van der Waals surface area contributed by atoms with Gasteiger partial charge in [-0.25, -0.2) is 0 Å². The van der Waals surface area contributed by atoms with E-state index < -0.39 is 5.41 Å². The molecule has 4 heteroatoms. The van der Waals surface area contributed by atoms with Crippen molar-refractivity contribution in [3.8, 4) is 0 Å². The van der Waals surface area contributed by atoms with Gasteiger partial charge in [-0.1, -0.05) is 139 Å². The first-order valence-corrected chi connectivity index (χ1v) is 16.5. The molecule has 48 heavy (non-hydrogen) atoms. The molecule has 0 aliphatic heterocycles. The highest BCUT2D eigenvalue weighted by Gasteiger charge is 2.29. The summed E-state index contributed by atoms with van der Waals surface area (Å²) in [7, 11) is 0. The summed E-state index contributed by atoms with van der Waals surface area (Å²) in [5.41, 5.74) is 5.33. The average molecular weight is 677 g/mol. The minimum atomic E-state index is -0.778. The summed E-state index contributed by atoms with van der Waals surface area (Å²) in [6.45, 7) is 40.0. The zero-order valence-corrected chi connectivity index (χ0v) is 33.3. The number of rotatable bonds is 5. The molecule has 2 aliphatic rings. The van der Waals surface area contributed by atoms with Gasteiger partial charge in [0.2, 0.25) is 0 Å². The van der Waals surface area contributed by atoms with E-state index in [0.29, 0.717) is 10.8 Å². The summed E-state index contributed by atoms with van der Waals surface area (Å²) in [5.74, 6) is 0.318. The van der Waals surface area contributed by atoms with Crippen LogP contribution in [0.5, 0.6) is 0 Å². The maximum Gasteiger partial charge on any atom is 0.159 e. The van der Waals surface area contributed by atoms with Crippen molar-refractivity contribution in [2.75, 3.05) is 0 Å². The number of hydrogen-bond donors (Lipinski definition) is 0. The van der Waals surface area contributed by atoms with Crippen LogP contribution in [-0.2, 0) is 19.2 Å². The molecule has 0 heterocycles. The number of hydrogen-bond acceptors (Lipinski definition) is 4. The summed E-state index contributed by atoms with van der Waals surface area (Å²) in [4.78, 5) is 43.3. The average Bonchev–Trinajstić information content (AvgIpc) is 3.38. The maximum absolute atomic E-state index is 11.1. The molecule has 0 spiro atoms. The van der Waals surface area contributed by atoms with Crippen LogP contribution in [0.2, 0.25) is 0 Å². The Morgan fingerprint density at radius 1 is 0.521 bits per heavy atom. The lowest BCUT2D eigenvalue weighted by Crippen LogP contribution is -2.29. The van der Waals surface area contributed by atoms with Crippen LogP contribution in [0.3, 0.4) is 0 Å². The van der Waals surface area contributed by atoms with Gasteiger partial charge in [-0.15, -0.1) is 0 Å². The summed E-state index contributed by atoms with van der Waals surface area (Å²) in [6, 6.07) is 0. The zero-order chi connectivity index (χ0) is 36.8. The molecule has 0 N–H and O–H groups in total. The van der Waals surface area contributed by atoms with Crippen LogP contribution < -0.4 is 0 Å². The largest absolute Gasteiger partial charge is 0.299 e. The van der Waals surface area contributed by atoms with E-state index in [1.54, 1.807) is 27.7 Å². The molecule has 0 amide bonds. The number of carbonyl (C=O) groups is 4. The van der Waals surface area contributed by atoms with Gasteiger partial charge in [-0.3, -0.25) is 19.2 Å². The standard InChI is InChI=1S/C10H20O.C9H20.C8H10O.C7H12O2.C7H10.3CH4/c1-8(11)10(5,6)7-9(2,3)4;1-8(2,3)7-9(4,5)6;1-6-4-3-5-8(6)7(2)9;1-5(8)7(3,4)6(2)9;1-6-4-3-5-7(6)2;;;/h7H2,1-6H3;7H2,1-6H3;3,5H,4H2,1-2H3;1-4H3;3-4H,5H2,1-2H3;3*1H4. The normalized spacial score (nSPS) is 13.8. The predicted molar refractivity (Wildman–Crippen MR) is 217 cm³/mol. The Morgan fingerprint density at radius 3 is 0.938 bits per heavy atom. The van der Waals surface area contributed by atoms with Gasteiger partial charge in [-0.2, -0.15) is 0 Å². The second kappa shape index (κ2) is 23.9. The molecule has 0 aromatic heterocycles. The molecule has 2 aliphatic carbocycles. The van der Waals surface area contributed by atoms with Gasteiger partial charge in [-0.05, 0) is 104 Å². The molecule has 0 saturated heterocycles. The second-order valence-corrected chi connectivity index (χ2v) is 17.6. The van der Waals surface area contributed by atoms with Crippen LogP contribution in [0.4, 0.5) is 0 Å². The van der Waals surface area contributed by atoms with Crippen molar-refractivity contribution >= 4 is 23.1 Å². The number of Topliss-reactive ketones (excluding diaryl/α,β-unsaturated/α-hetero) is 4. The fourth-order valence-electron chi connectivity index (χ4n) is 5.03. The van der Waals surface area contributed by atoms with E-state index >= 15 is 0 Å². The summed E-state index contributed by atoms with van der Waals surface area (Å²) in [6.07, 6.45) is 12.7. The summed E-state index contributed by atoms with van der Waals surface area (Å²) in [5, 5.41) is 0. The minimum Gasteiger partial charge on any atom is -0.299 e. The number of carbonyl (C=O) groups excluding carboxylic acids is 4. The third-order valence-electron chi connectivity index (χ3n) is 7.76. The van der Waals surface area contributed by atoms with E-state index in [1.807, 2.05) is 32.9 Å². The molecular formula is C44H84O4. The highest BCUT2D eigenvalue weighted by atomic mass is 16.2. The fourth-order valence-corrected chi connectivity index (χ4v) is 5.03. The van der Waals surface area contributed by atoms with Crippen molar-refractivity contribution in [1.29, 1.82) is 0 Å². The minimum absolute atomic E-state index is 0. The summed E-state index contributed by atoms with van der Waals surface area (Å²) < 4.78 is 0. The Bertz CT molecular complexity index is 1080. The van der Waals surface area contributed by atoms with Gasteiger partial charge in [0, 0.05) is 11.0 Å². The van der Waals surface area contributed by atoms with Gasteiger partial charge in [0.25, 0.3) is 0 Å². The lowest BCUT2D eigenvalue weighted by Gasteiger charge is -2.29. The topological polar surface area (TPSA) is 68.3 Å². The molecular weight excluding hydrogens is 592 g/mol. The van der Waals surface area contributed by atoms with Crippen LogP contribution >= 0.6 is 0 Å². The molecule has 0 atom stereocenters. The van der Waals surface area contributed by atoms with Crippen LogP contribution in [0.15, 0.2) is 46.6 Å². The monoisotopic (exact) mass is 677 g/mol. The first-order valence-electron chi connectivity index (χ1n) is 16.5. The van der Waals surface area contributed by atoms with Crippen LogP contribution in [0.25, 0.3) is 0 Å². The van der Waals surface area contributed by atoms with E-state index in [4.69, 9.17) is 0 Å². The first kappa shape index (κ1) is 57.9. The lowest BCUT2D eigenvalue weighted by atomic mass is 9.74. The van der Waals surface area contributed by atoms with E-state index in [2.05, 4.69) is 88.3 Å². The van der Waals surface area contributed by atoms with Crippen molar-refractivity contribution in [3.05, 3.63) is 46.6 Å². The van der Waals surface area contributed by atoms with Crippen molar-refractivity contribution in [1.82, 2.24) is 0 Å². The molecule has 0 aromatic rings. The molecule has 0 unspecified atom stereocenters. The Balaban J connectivity index is -0.000000114. The van der Waals surface area contributed by atoms with Gasteiger partial charge in [0.15, 0.2) is 5.78 Å². The van der Waals surface area contributed by atoms with Crippen LogP contribution in [-0.4, -0.2) is 23.1 Å². The highest BCUT2D eigenvalue weighted by Crippen LogP contribution is 2.33. The number of allylic oxidation sites excluding steroid dienone is 8. The Hall–Kier alpha value is -2.36. The van der Waals surface area contributed by atoms with Crippen molar-refractivity contribution in [2.24, 2.45) is 27.1 Å². The van der Waals surface area contributed by atoms with E-state index in [1.165, 1.54) is 43.4 Å². The first-order chi connectivity index (χ1) is 19.8. The lowest BCUT2D eigenvalue weighted by molar-refractivity contribution is -0.136. The molecule has 0 radical (unpaired) electrons. The third-order valence-corrected chi connectivity index (χ3v) is 7.76. The second-order valence-electron chi connectivity index (χ2n) is 17.6. The molecule has 0 aromatic carbocycles. The van der Waals surface area contributed by atoms with E-state index in [0.717, 1.165) is 18.4 Å². The predicted octanol–water partition coefficient (Wildman–Crippen LogP) is 13.7. The highest BCUT2D eigenvalue weighted by molar-refractivity contribution is 6.04. The molecule has 2 rings (SSSR count). The molecule has 284 valence electrons. The Morgan fingerprint density at radius 2 is 0.854 bits per heavy atom. The molecule has 0 bridgehead atoms. The third kappa shape index (κ3) is 29.8. The van der Waals surface area contributed by atoms with Crippen molar-refractivity contribution in [2.45, 2.75) is 186 Å². The zero-order valence-electron chi connectivity index (χ0n) is 33.3. The van der Waals surface area contributed by atoms with Gasteiger partial charge in [0.1, 0.15) is 17.3 Å². The Labute approximate surface area is 301 Å². The quantitative estimate of drug-likeness (QED) is 0.272. The fraction of sp³-hybridized carbons (Fsp3) is 0.727. The SMILES string of the molecule is C.C.C.CC(=O)C(C)(C)C(C)=O.CC(=O)C(C)(C)CC(C)(C)C.CC(=O)C1=C(C)CC=C1.CC(C)(C)CC(C)(C)C.CC1=C(C)CC=C1. The maximum atomic E-state index is 11.1.